The van der Waals surface area contributed by atoms with Gasteiger partial charge in [-0.3, -0.25) is 0 Å². The van der Waals surface area contributed by atoms with Crippen LogP contribution in [0, 0.1) is 0 Å². The van der Waals surface area contributed by atoms with Gasteiger partial charge in [0.05, 0.1) is 11.1 Å². The molecule has 0 fully saturated rings. The van der Waals surface area contributed by atoms with E-state index in [2.05, 4.69) is 241 Å². The fraction of sp³-hybridized carbons (Fsp3) is 0. The maximum absolute atomic E-state index is 7.04. The lowest BCUT2D eigenvalue weighted by Crippen LogP contribution is -2.10. The summed E-state index contributed by atoms with van der Waals surface area (Å²) in [7, 11) is 0. The molecule has 0 amide bonds. The second-order valence-corrected chi connectivity index (χ2v) is 17.2. The van der Waals surface area contributed by atoms with E-state index in [9.17, 15) is 0 Å². The number of anilines is 3. The van der Waals surface area contributed by atoms with Gasteiger partial charge in [0.25, 0.3) is 0 Å². The van der Waals surface area contributed by atoms with E-state index in [0.29, 0.717) is 0 Å². The van der Waals surface area contributed by atoms with Crippen molar-refractivity contribution in [2.75, 3.05) is 4.90 Å². The van der Waals surface area contributed by atoms with Crippen LogP contribution in [0.4, 0.5) is 17.1 Å². The Morgan fingerprint density at radius 3 is 1.43 bits per heavy atom. The normalized spacial score (nSPS) is 11.5. The number of fused-ring (bicyclic) bond motifs is 6. The Morgan fingerprint density at radius 2 is 0.778 bits per heavy atom. The minimum absolute atomic E-state index is 0.859. The lowest BCUT2D eigenvalue weighted by atomic mass is 9.98. The molecule has 0 saturated carbocycles. The van der Waals surface area contributed by atoms with Crippen molar-refractivity contribution in [3.63, 3.8) is 0 Å². The smallest absolute Gasteiger partial charge is 0.145 e. The van der Waals surface area contributed by atoms with Crippen LogP contribution in [0.5, 0.6) is 0 Å². The molecule has 0 radical (unpaired) electrons. The lowest BCUT2D eigenvalue weighted by molar-refractivity contribution is 0.670. The number of hydrogen-bond donors (Lipinski definition) is 0. The third-order valence-electron chi connectivity index (χ3n) is 12.3. The Labute approximate surface area is 370 Å². The van der Waals surface area contributed by atoms with Gasteiger partial charge in [-0.05, 0) is 105 Å². The maximum atomic E-state index is 7.04. The van der Waals surface area contributed by atoms with Crippen LogP contribution in [0.15, 0.2) is 241 Å². The van der Waals surface area contributed by atoms with Crippen LogP contribution in [-0.2, 0) is 0 Å². The molecule has 0 aliphatic rings. The van der Waals surface area contributed by atoms with E-state index in [4.69, 9.17) is 4.42 Å². The summed E-state index contributed by atoms with van der Waals surface area (Å²) < 4.78 is 9.56. The van der Waals surface area contributed by atoms with Gasteiger partial charge in [-0.25, -0.2) is 0 Å². The SMILES string of the molecule is c1ccc(-c2ccc(-c3cccc(N(c4ccc5c(c4)sc4cc(-c6ccccc6)ccc45)c4ccc(-c5ccccc5)c5oc6cc(-c7ccccc7)ccc6c45)c3)cc2)cc1. The van der Waals surface area contributed by atoms with E-state index in [-0.39, 0.29) is 0 Å². The number of hydrogen-bond acceptors (Lipinski definition) is 3. The zero-order valence-electron chi connectivity index (χ0n) is 34.3. The van der Waals surface area contributed by atoms with E-state index in [1.165, 1.54) is 42.4 Å². The Bertz CT molecular complexity index is 3590. The van der Waals surface area contributed by atoms with Gasteiger partial charge in [-0.1, -0.05) is 182 Å². The zero-order chi connectivity index (χ0) is 41.7. The van der Waals surface area contributed by atoms with Gasteiger partial charge in [0.2, 0.25) is 0 Å². The second-order valence-electron chi connectivity index (χ2n) is 16.1. The maximum Gasteiger partial charge on any atom is 0.145 e. The minimum atomic E-state index is 0.859. The minimum Gasteiger partial charge on any atom is -0.455 e. The standard InChI is InChI=1S/C60H39NOS/c1-5-14-40(15-6-1)43-24-26-44(27-25-43)46-22-13-23-49(36-46)61(50-30-33-53-52-31-28-48(42-18-9-3-10-19-42)38-57(52)63-58(53)39-50)55-35-34-51(45-20-11-4-12-21-45)60-59(55)54-32-29-47(37-56(54)62-60)41-16-7-2-8-17-41/h1-39H. The molecule has 0 spiro atoms. The molecule has 0 atom stereocenters. The highest BCUT2D eigenvalue weighted by Gasteiger charge is 2.24. The Hall–Kier alpha value is -7.98. The molecule has 10 aromatic carbocycles. The third-order valence-corrected chi connectivity index (χ3v) is 13.4. The molecule has 3 heteroatoms. The van der Waals surface area contributed by atoms with E-state index < -0.39 is 0 Å². The predicted octanol–water partition coefficient (Wildman–Crippen LogP) is 17.8. The van der Waals surface area contributed by atoms with Crippen molar-refractivity contribution < 1.29 is 4.42 Å². The molecule has 0 unspecified atom stereocenters. The summed E-state index contributed by atoms with van der Waals surface area (Å²) >= 11 is 1.85. The number of furan rings is 1. The highest BCUT2D eigenvalue weighted by atomic mass is 32.1. The summed E-state index contributed by atoms with van der Waals surface area (Å²) in [4.78, 5) is 2.43. The summed E-state index contributed by atoms with van der Waals surface area (Å²) in [5.41, 5.74) is 16.6. The van der Waals surface area contributed by atoms with Gasteiger partial charge >= 0.3 is 0 Å². The van der Waals surface area contributed by atoms with Crippen molar-refractivity contribution in [3.05, 3.63) is 237 Å². The van der Waals surface area contributed by atoms with Crippen LogP contribution >= 0.6 is 11.3 Å². The predicted molar refractivity (Wildman–Crippen MR) is 268 cm³/mol. The van der Waals surface area contributed by atoms with Gasteiger partial charge in [0, 0.05) is 42.5 Å². The third kappa shape index (κ3) is 6.67. The van der Waals surface area contributed by atoms with Crippen molar-refractivity contribution in [2.24, 2.45) is 0 Å². The average Bonchev–Trinajstić information content (AvgIpc) is 3.93. The van der Waals surface area contributed by atoms with E-state index in [1.54, 1.807) is 0 Å². The molecule has 63 heavy (non-hydrogen) atoms. The van der Waals surface area contributed by atoms with Gasteiger partial charge in [0.15, 0.2) is 0 Å². The average molecular weight is 822 g/mol. The number of nitrogens with zero attached hydrogens (tertiary/aromatic N) is 1. The summed E-state index contributed by atoms with van der Waals surface area (Å²) in [6.07, 6.45) is 0. The number of rotatable bonds is 8. The quantitative estimate of drug-likeness (QED) is 0.152. The van der Waals surface area contributed by atoms with Crippen LogP contribution in [0.25, 0.3) is 97.7 Å². The molecule has 0 aliphatic carbocycles. The van der Waals surface area contributed by atoms with Crippen LogP contribution in [0.1, 0.15) is 0 Å². The number of thiophene rings is 1. The van der Waals surface area contributed by atoms with Gasteiger partial charge in [0.1, 0.15) is 11.2 Å². The molecule has 2 heterocycles. The Balaban J connectivity index is 1.07. The molecule has 296 valence electrons. The largest absolute Gasteiger partial charge is 0.455 e. The molecule has 0 aliphatic heterocycles. The van der Waals surface area contributed by atoms with E-state index in [0.717, 1.165) is 72.4 Å². The molecule has 12 aromatic rings. The molecule has 2 nitrogen and oxygen atoms in total. The van der Waals surface area contributed by atoms with Crippen molar-refractivity contribution in [2.45, 2.75) is 0 Å². The molecule has 0 saturated heterocycles. The fourth-order valence-electron chi connectivity index (χ4n) is 9.16. The fourth-order valence-corrected chi connectivity index (χ4v) is 10.3. The first-order valence-corrected chi connectivity index (χ1v) is 22.2. The summed E-state index contributed by atoms with van der Waals surface area (Å²) in [6, 6.07) is 85.2. The Morgan fingerprint density at radius 1 is 0.317 bits per heavy atom. The van der Waals surface area contributed by atoms with E-state index in [1.807, 2.05) is 11.3 Å². The first kappa shape index (κ1) is 36.8. The van der Waals surface area contributed by atoms with E-state index >= 15 is 0 Å². The number of benzene rings is 10. The van der Waals surface area contributed by atoms with Crippen LogP contribution < -0.4 is 4.90 Å². The van der Waals surface area contributed by atoms with Gasteiger partial charge < -0.3 is 9.32 Å². The van der Waals surface area contributed by atoms with Gasteiger partial charge in [-0.15, -0.1) is 11.3 Å². The second kappa shape index (κ2) is 15.5. The zero-order valence-corrected chi connectivity index (χ0v) is 35.1. The monoisotopic (exact) mass is 821 g/mol. The summed E-state index contributed by atoms with van der Waals surface area (Å²) in [5.74, 6) is 0. The summed E-state index contributed by atoms with van der Waals surface area (Å²) in [5, 5.41) is 4.69. The highest BCUT2D eigenvalue weighted by molar-refractivity contribution is 7.25. The molecule has 0 N–H and O–H groups in total. The Kier molecular flexibility index (Phi) is 9.06. The topological polar surface area (TPSA) is 16.4 Å². The first-order valence-electron chi connectivity index (χ1n) is 21.4. The van der Waals surface area contributed by atoms with Crippen molar-refractivity contribution in [3.8, 4) is 55.6 Å². The van der Waals surface area contributed by atoms with Crippen molar-refractivity contribution in [1.82, 2.24) is 0 Å². The van der Waals surface area contributed by atoms with Gasteiger partial charge in [-0.2, -0.15) is 0 Å². The molecule has 12 rings (SSSR count). The van der Waals surface area contributed by atoms with Crippen molar-refractivity contribution in [1.29, 1.82) is 0 Å². The molecule has 2 aromatic heterocycles. The first-order chi connectivity index (χ1) is 31.2. The van der Waals surface area contributed by atoms with Crippen LogP contribution in [-0.4, -0.2) is 0 Å². The lowest BCUT2D eigenvalue weighted by Gasteiger charge is -2.27. The van der Waals surface area contributed by atoms with Crippen LogP contribution in [0.3, 0.4) is 0 Å². The highest BCUT2D eigenvalue weighted by Crippen LogP contribution is 2.48. The summed E-state index contributed by atoms with van der Waals surface area (Å²) in [6.45, 7) is 0. The molecular weight excluding hydrogens is 783 g/mol. The molecule has 0 bridgehead atoms. The van der Waals surface area contributed by atoms with Crippen molar-refractivity contribution >= 4 is 70.5 Å². The van der Waals surface area contributed by atoms with Crippen LogP contribution in [0.2, 0.25) is 0 Å². The molecular formula is C60H39NOS.